The Morgan fingerprint density at radius 3 is 2.22 bits per heavy atom. The van der Waals surface area contributed by atoms with Crippen molar-refractivity contribution in [3.8, 4) is 0 Å². The average molecular weight is 368 g/mol. The molecule has 4 rings (SSSR count). The van der Waals surface area contributed by atoms with Crippen LogP contribution in [0.3, 0.4) is 0 Å². The van der Waals surface area contributed by atoms with Gasteiger partial charge in [0.2, 0.25) is 0 Å². The lowest BCUT2D eigenvalue weighted by Gasteiger charge is -2.46. The zero-order valence-electron chi connectivity index (χ0n) is 14.9. The van der Waals surface area contributed by atoms with E-state index in [1.807, 2.05) is 6.07 Å². The predicted octanol–water partition coefficient (Wildman–Crippen LogP) is 2.94. The summed E-state index contributed by atoms with van der Waals surface area (Å²) in [7, 11) is 2.07. The monoisotopic (exact) mass is 368 g/mol. The van der Waals surface area contributed by atoms with Crippen molar-refractivity contribution in [1.82, 2.24) is 9.80 Å². The van der Waals surface area contributed by atoms with E-state index in [1.165, 1.54) is 12.1 Å². The third-order valence-corrected chi connectivity index (χ3v) is 5.63. The molecule has 27 heavy (non-hydrogen) atoms. The normalized spacial score (nSPS) is 22.7. The zero-order valence-corrected chi connectivity index (χ0v) is 14.9. The lowest BCUT2D eigenvalue weighted by atomic mass is 9.80. The van der Waals surface area contributed by atoms with Gasteiger partial charge in [-0.25, -0.2) is 0 Å². The van der Waals surface area contributed by atoms with Crippen molar-refractivity contribution in [2.75, 3.05) is 33.2 Å². The van der Waals surface area contributed by atoms with Gasteiger partial charge < -0.3 is 4.90 Å². The van der Waals surface area contributed by atoms with Gasteiger partial charge >= 0.3 is 0 Å². The van der Waals surface area contributed by atoms with E-state index in [0.29, 0.717) is 0 Å². The van der Waals surface area contributed by atoms with Crippen LogP contribution in [0.25, 0.3) is 0 Å². The van der Waals surface area contributed by atoms with Crippen molar-refractivity contribution >= 4 is 11.4 Å². The number of hydrogen-bond acceptors (Lipinski definition) is 6. The highest BCUT2D eigenvalue weighted by Crippen LogP contribution is 2.42. The van der Waals surface area contributed by atoms with Gasteiger partial charge in [0.15, 0.2) is 0 Å². The maximum Gasteiger partial charge on any atom is 0.269 e. The van der Waals surface area contributed by atoms with Crippen LogP contribution in [0.4, 0.5) is 11.4 Å². The Labute approximate surface area is 156 Å². The standard InChI is InChI=1S/C19H20N4O4/c1-20-8-9-21-11-18(13-2-4-14(5-3-13)22(24)25)16-7-6-15(23(26)27)10-17(16)19(21)12-20/h2-7,10,18-19H,8-9,11-12H2,1H3/t18-,19-/m1/s1. The molecule has 2 aromatic carbocycles. The van der Waals surface area contributed by atoms with Crippen LogP contribution < -0.4 is 0 Å². The summed E-state index contributed by atoms with van der Waals surface area (Å²) in [5.74, 6) is 0.0428. The molecule has 2 atom stereocenters. The number of nitrogens with zero attached hydrogens (tertiary/aromatic N) is 4. The van der Waals surface area contributed by atoms with Gasteiger partial charge in [0.25, 0.3) is 11.4 Å². The van der Waals surface area contributed by atoms with Gasteiger partial charge in [-0.05, 0) is 23.7 Å². The SMILES string of the molecule is CN1CCN2C[C@H](c3ccc([N+](=O)[O-])cc3)c3ccc([N+](=O)[O-])cc3[C@H]2C1. The predicted molar refractivity (Wildman–Crippen MR) is 99.8 cm³/mol. The van der Waals surface area contributed by atoms with Gasteiger partial charge in [0, 0.05) is 62.4 Å². The molecule has 0 saturated carbocycles. The molecule has 0 aromatic heterocycles. The highest BCUT2D eigenvalue weighted by atomic mass is 16.6. The number of non-ortho nitro benzene ring substituents is 2. The first-order valence-corrected chi connectivity index (χ1v) is 8.89. The van der Waals surface area contributed by atoms with E-state index in [4.69, 9.17) is 0 Å². The molecule has 8 heteroatoms. The van der Waals surface area contributed by atoms with Crippen molar-refractivity contribution in [2.45, 2.75) is 12.0 Å². The molecule has 8 nitrogen and oxygen atoms in total. The van der Waals surface area contributed by atoms with E-state index < -0.39 is 4.92 Å². The maximum atomic E-state index is 11.3. The maximum absolute atomic E-state index is 11.3. The second-order valence-electron chi connectivity index (χ2n) is 7.24. The van der Waals surface area contributed by atoms with E-state index in [2.05, 4.69) is 16.8 Å². The minimum Gasteiger partial charge on any atom is -0.303 e. The third-order valence-electron chi connectivity index (χ3n) is 5.63. The van der Waals surface area contributed by atoms with Crippen molar-refractivity contribution in [3.05, 3.63) is 79.4 Å². The molecule has 0 bridgehead atoms. The summed E-state index contributed by atoms with van der Waals surface area (Å²) in [5, 5.41) is 22.2. The molecule has 0 aliphatic carbocycles. The van der Waals surface area contributed by atoms with Gasteiger partial charge in [-0.3, -0.25) is 25.1 Å². The summed E-state index contributed by atoms with van der Waals surface area (Å²) >= 11 is 0. The fraction of sp³-hybridized carbons (Fsp3) is 0.368. The van der Waals surface area contributed by atoms with Crippen LogP contribution in [-0.2, 0) is 0 Å². The van der Waals surface area contributed by atoms with Gasteiger partial charge in [-0.1, -0.05) is 18.2 Å². The van der Waals surface area contributed by atoms with Crippen LogP contribution in [0.1, 0.15) is 28.7 Å². The molecule has 0 N–H and O–H groups in total. The van der Waals surface area contributed by atoms with Crippen molar-refractivity contribution in [1.29, 1.82) is 0 Å². The Hall–Kier alpha value is -2.84. The van der Waals surface area contributed by atoms with Crippen LogP contribution >= 0.6 is 0 Å². The molecule has 2 aliphatic rings. The second kappa shape index (κ2) is 6.71. The highest BCUT2D eigenvalue weighted by Gasteiger charge is 2.37. The lowest BCUT2D eigenvalue weighted by Crippen LogP contribution is -2.50. The molecule has 1 saturated heterocycles. The number of likely N-dealkylation sites (N-methyl/N-ethyl adjacent to an activating group) is 1. The Balaban J connectivity index is 1.78. The lowest BCUT2D eigenvalue weighted by molar-refractivity contribution is -0.385. The summed E-state index contributed by atoms with van der Waals surface area (Å²) < 4.78 is 0. The molecule has 0 amide bonds. The molecule has 2 aliphatic heterocycles. The van der Waals surface area contributed by atoms with E-state index in [-0.39, 0.29) is 28.3 Å². The van der Waals surface area contributed by atoms with Gasteiger partial charge in [0.1, 0.15) is 0 Å². The Kier molecular flexibility index (Phi) is 4.37. The summed E-state index contributed by atoms with van der Waals surface area (Å²) in [4.78, 5) is 26.1. The number of fused-ring (bicyclic) bond motifs is 3. The van der Waals surface area contributed by atoms with Crippen LogP contribution in [0.15, 0.2) is 42.5 Å². The molecule has 1 fully saturated rings. The Bertz CT molecular complexity index is 899. The number of rotatable bonds is 3. The number of nitro groups is 2. The van der Waals surface area contributed by atoms with E-state index in [0.717, 1.165) is 42.9 Å². The number of benzene rings is 2. The Morgan fingerprint density at radius 1 is 0.889 bits per heavy atom. The summed E-state index contributed by atoms with van der Waals surface area (Å²) in [6.45, 7) is 3.49. The molecule has 0 radical (unpaired) electrons. The average Bonchev–Trinajstić information content (AvgIpc) is 2.67. The number of hydrogen-bond donors (Lipinski definition) is 0. The van der Waals surface area contributed by atoms with Crippen molar-refractivity contribution < 1.29 is 9.85 Å². The van der Waals surface area contributed by atoms with Crippen LogP contribution in [0.5, 0.6) is 0 Å². The van der Waals surface area contributed by atoms with Crippen LogP contribution in [0.2, 0.25) is 0 Å². The van der Waals surface area contributed by atoms with Crippen molar-refractivity contribution in [3.63, 3.8) is 0 Å². The first-order valence-electron chi connectivity index (χ1n) is 8.89. The third kappa shape index (κ3) is 3.17. The van der Waals surface area contributed by atoms with E-state index in [1.54, 1.807) is 24.3 Å². The smallest absolute Gasteiger partial charge is 0.269 e. The van der Waals surface area contributed by atoms with Crippen LogP contribution in [0, 0.1) is 20.2 Å². The van der Waals surface area contributed by atoms with Gasteiger partial charge in [0.05, 0.1) is 9.85 Å². The van der Waals surface area contributed by atoms with E-state index >= 15 is 0 Å². The minimum absolute atomic E-state index is 0.0428. The molecule has 2 aromatic rings. The van der Waals surface area contributed by atoms with Gasteiger partial charge in [-0.2, -0.15) is 0 Å². The fourth-order valence-corrected chi connectivity index (χ4v) is 4.20. The van der Waals surface area contributed by atoms with E-state index in [9.17, 15) is 20.2 Å². The summed E-state index contributed by atoms with van der Waals surface area (Å²) in [6.07, 6.45) is 0. The fourth-order valence-electron chi connectivity index (χ4n) is 4.20. The molecule has 0 unspecified atom stereocenters. The number of nitro benzene ring substituents is 2. The topological polar surface area (TPSA) is 92.8 Å². The molecular weight excluding hydrogens is 348 g/mol. The number of piperazine rings is 1. The largest absolute Gasteiger partial charge is 0.303 e. The summed E-state index contributed by atoms with van der Waals surface area (Å²) in [5.41, 5.74) is 3.23. The first-order chi connectivity index (χ1) is 12.9. The zero-order chi connectivity index (χ0) is 19.1. The minimum atomic E-state index is -0.404. The molecular formula is C19H20N4O4. The summed E-state index contributed by atoms with van der Waals surface area (Å²) in [6, 6.07) is 11.9. The highest BCUT2D eigenvalue weighted by molar-refractivity contribution is 5.49. The van der Waals surface area contributed by atoms with Crippen molar-refractivity contribution in [2.24, 2.45) is 0 Å². The second-order valence-corrected chi connectivity index (χ2v) is 7.24. The quantitative estimate of drug-likeness (QED) is 0.611. The first kappa shape index (κ1) is 17.6. The Morgan fingerprint density at radius 2 is 1.56 bits per heavy atom. The van der Waals surface area contributed by atoms with Crippen LogP contribution in [-0.4, -0.2) is 52.9 Å². The van der Waals surface area contributed by atoms with Gasteiger partial charge in [-0.15, -0.1) is 0 Å². The molecule has 2 heterocycles. The molecule has 140 valence electrons. The molecule has 0 spiro atoms.